The highest BCUT2D eigenvalue weighted by Gasteiger charge is 2.82. The van der Waals surface area contributed by atoms with Crippen LogP contribution in [0.25, 0.3) is 10.8 Å². The lowest BCUT2D eigenvalue weighted by Gasteiger charge is -2.36. The average Bonchev–Trinajstić information content (AvgIpc) is 2.59. The molecule has 30 heavy (non-hydrogen) atoms. The first-order valence-corrected chi connectivity index (χ1v) is 9.09. The molecule has 14 heteroatoms. The van der Waals surface area contributed by atoms with Gasteiger partial charge in [0.2, 0.25) is 0 Å². The van der Waals surface area contributed by atoms with Crippen molar-refractivity contribution in [2.24, 2.45) is 0 Å². The quantitative estimate of drug-likeness (QED) is 0.432. The fraction of sp³-hybridized carbons (Fsp3) is 0.375. The van der Waals surface area contributed by atoms with Crippen LogP contribution in [0.4, 0.5) is 43.9 Å². The number of fused-ring (bicyclic) bond motifs is 1. The van der Waals surface area contributed by atoms with Gasteiger partial charge in [-0.1, -0.05) is 30.3 Å². The van der Waals surface area contributed by atoms with Crippen molar-refractivity contribution in [3.63, 3.8) is 0 Å². The van der Waals surface area contributed by atoms with Crippen molar-refractivity contribution in [3.05, 3.63) is 42.0 Å². The van der Waals surface area contributed by atoms with Crippen molar-refractivity contribution in [1.82, 2.24) is 0 Å². The van der Waals surface area contributed by atoms with E-state index in [1.807, 2.05) is 0 Å². The predicted octanol–water partition coefficient (Wildman–Crippen LogP) is 5.44. The van der Waals surface area contributed by atoms with Crippen LogP contribution in [0.15, 0.2) is 41.3 Å². The molecule has 0 spiro atoms. The van der Waals surface area contributed by atoms with Crippen molar-refractivity contribution in [1.29, 1.82) is 0 Å². The Kier molecular flexibility index (Phi) is 5.85. The molecule has 0 heterocycles. The molecule has 0 bridgehead atoms. The Morgan fingerprint density at radius 3 is 1.80 bits per heavy atom. The van der Waals surface area contributed by atoms with E-state index in [1.54, 1.807) is 0 Å². The third-order valence-corrected chi connectivity index (χ3v) is 5.12. The number of halogens is 10. The summed E-state index contributed by atoms with van der Waals surface area (Å²) in [4.78, 5) is -0.827. The zero-order valence-corrected chi connectivity index (χ0v) is 15.0. The third kappa shape index (κ3) is 3.70. The molecule has 0 aliphatic heterocycles. The second-order valence-electron chi connectivity index (χ2n) is 6.20. The number of hydrogen-bond donors (Lipinski definition) is 1. The van der Waals surface area contributed by atoms with Crippen LogP contribution in [-0.2, 0) is 16.5 Å². The molecular weight excluding hydrogens is 462 g/mol. The summed E-state index contributed by atoms with van der Waals surface area (Å²) in [5, 5.41) is -0.965. The summed E-state index contributed by atoms with van der Waals surface area (Å²) in [6, 6.07) is 5.16. The van der Waals surface area contributed by atoms with E-state index in [1.165, 1.54) is 0 Å². The van der Waals surface area contributed by atoms with Crippen LogP contribution in [0, 0.1) is 0 Å². The smallest absolute Gasteiger partial charge is 0.282 e. The zero-order valence-electron chi connectivity index (χ0n) is 14.2. The summed E-state index contributed by atoms with van der Waals surface area (Å²) in [5.74, 6) is -26.8. The Morgan fingerprint density at radius 1 is 0.800 bits per heavy atom. The van der Waals surface area contributed by atoms with Gasteiger partial charge in [-0.15, -0.1) is 0 Å². The minimum Gasteiger partial charge on any atom is -0.282 e. The lowest BCUT2D eigenvalue weighted by Crippen LogP contribution is -2.64. The molecule has 0 fully saturated rings. The summed E-state index contributed by atoms with van der Waals surface area (Å²) in [6.07, 6.45) is -7.69. The van der Waals surface area contributed by atoms with Crippen molar-refractivity contribution >= 4 is 20.9 Å². The minimum absolute atomic E-state index is 0.457. The highest BCUT2D eigenvalue weighted by atomic mass is 32.2. The van der Waals surface area contributed by atoms with Gasteiger partial charge in [0.15, 0.2) is 0 Å². The molecular formula is C16H10F10O3S. The summed E-state index contributed by atoms with van der Waals surface area (Å²) in [7, 11) is -4.91. The molecule has 0 saturated carbocycles. The maximum atomic E-state index is 14.1. The molecule has 0 amide bonds. The molecule has 2 rings (SSSR count). The van der Waals surface area contributed by atoms with Gasteiger partial charge in [-0.2, -0.15) is 43.5 Å². The van der Waals surface area contributed by atoms with E-state index in [0.29, 0.717) is 6.07 Å². The number of benzene rings is 2. The van der Waals surface area contributed by atoms with Gasteiger partial charge in [0, 0.05) is 11.8 Å². The molecule has 168 valence electrons. The molecule has 2 aromatic carbocycles. The van der Waals surface area contributed by atoms with Crippen LogP contribution in [0.1, 0.15) is 5.56 Å². The molecule has 0 aromatic heterocycles. The van der Waals surface area contributed by atoms with Crippen LogP contribution in [0.3, 0.4) is 0 Å². The monoisotopic (exact) mass is 472 g/mol. The normalized spacial score (nSPS) is 14.5. The molecule has 2 aromatic rings. The second-order valence-corrected chi connectivity index (χ2v) is 7.59. The summed E-state index contributed by atoms with van der Waals surface area (Å²) < 4.78 is 164. The van der Waals surface area contributed by atoms with Crippen molar-refractivity contribution in [2.75, 3.05) is 0 Å². The minimum atomic E-state index is -7.12. The average molecular weight is 472 g/mol. The van der Waals surface area contributed by atoms with E-state index in [-0.39, 0.29) is 0 Å². The Morgan fingerprint density at radius 2 is 1.30 bits per heavy atom. The summed E-state index contributed by atoms with van der Waals surface area (Å²) >= 11 is 0. The molecule has 0 aliphatic rings. The van der Waals surface area contributed by atoms with Crippen LogP contribution in [-0.4, -0.2) is 43.1 Å². The van der Waals surface area contributed by atoms with E-state index < -0.39 is 67.9 Å². The van der Waals surface area contributed by atoms with Gasteiger partial charge in [0.05, 0.1) is 0 Å². The molecule has 1 N–H and O–H groups in total. The SMILES string of the molecule is O=S(=O)(O)c1cccc2c(CC(F)(F)C(F)(F)C(F)(F)C(F)(F)C(F)F)cccc12. The Bertz CT molecular complexity index is 1050. The first-order chi connectivity index (χ1) is 13.4. The van der Waals surface area contributed by atoms with Gasteiger partial charge in [0.1, 0.15) is 4.90 Å². The molecule has 0 aliphatic carbocycles. The van der Waals surface area contributed by atoms with E-state index in [0.717, 1.165) is 30.3 Å². The van der Waals surface area contributed by atoms with Crippen LogP contribution in [0.5, 0.6) is 0 Å². The second kappa shape index (κ2) is 7.25. The molecule has 0 radical (unpaired) electrons. The maximum Gasteiger partial charge on any atom is 0.384 e. The van der Waals surface area contributed by atoms with Crippen LogP contribution >= 0.6 is 0 Å². The fourth-order valence-corrected chi connectivity index (χ4v) is 3.36. The first kappa shape index (κ1) is 24.2. The van der Waals surface area contributed by atoms with E-state index in [4.69, 9.17) is 4.55 Å². The molecule has 0 atom stereocenters. The molecule has 3 nitrogen and oxygen atoms in total. The highest BCUT2D eigenvalue weighted by Crippen LogP contribution is 2.55. The van der Waals surface area contributed by atoms with E-state index in [2.05, 4.69) is 0 Å². The fourth-order valence-electron chi connectivity index (χ4n) is 2.65. The lowest BCUT2D eigenvalue weighted by molar-refractivity contribution is -0.383. The van der Waals surface area contributed by atoms with Gasteiger partial charge < -0.3 is 0 Å². The number of alkyl halides is 10. The standard InChI is InChI=1S/C16H10F10O3S/c17-12(18)14(21,22)16(25,26)15(23,24)13(19,20)7-8-3-1-5-10-9(8)4-2-6-11(10)30(27,28)29/h1-6,12H,7H2,(H,27,28,29). The lowest BCUT2D eigenvalue weighted by atomic mass is 9.92. The van der Waals surface area contributed by atoms with Gasteiger partial charge in [-0.05, 0) is 17.0 Å². The van der Waals surface area contributed by atoms with Gasteiger partial charge in [-0.3, -0.25) is 4.55 Å². The van der Waals surface area contributed by atoms with Gasteiger partial charge >= 0.3 is 30.1 Å². The molecule has 0 saturated heterocycles. The van der Waals surface area contributed by atoms with Crippen molar-refractivity contribution < 1.29 is 56.9 Å². The topological polar surface area (TPSA) is 54.4 Å². The van der Waals surface area contributed by atoms with Crippen LogP contribution < -0.4 is 0 Å². The Labute approximate surface area is 162 Å². The van der Waals surface area contributed by atoms with Crippen molar-refractivity contribution in [2.45, 2.75) is 41.4 Å². The van der Waals surface area contributed by atoms with Gasteiger partial charge in [-0.25, -0.2) is 8.78 Å². The Balaban J connectivity index is 2.60. The number of rotatable bonds is 7. The number of hydrogen-bond acceptors (Lipinski definition) is 2. The van der Waals surface area contributed by atoms with E-state index in [9.17, 15) is 52.3 Å². The Hall–Kier alpha value is -2.09. The summed E-state index contributed by atoms with van der Waals surface area (Å²) in [5.41, 5.74) is -0.890. The van der Waals surface area contributed by atoms with Crippen molar-refractivity contribution in [3.8, 4) is 0 Å². The van der Waals surface area contributed by atoms with Crippen LogP contribution in [0.2, 0.25) is 0 Å². The van der Waals surface area contributed by atoms with E-state index >= 15 is 0 Å². The maximum absolute atomic E-state index is 14.1. The highest BCUT2D eigenvalue weighted by molar-refractivity contribution is 7.86. The largest absolute Gasteiger partial charge is 0.384 e. The predicted molar refractivity (Wildman–Crippen MR) is 83.3 cm³/mol. The van der Waals surface area contributed by atoms with Gasteiger partial charge in [0.25, 0.3) is 10.1 Å². The molecule has 0 unspecified atom stereocenters. The first-order valence-electron chi connectivity index (χ1n) is 7.65. The summed E-state index contributed by atoms with van der Waals surface area (Å²) in [6.45, 7) is 0. The third-order valence-electron chi connectivity index (χ3n) is 4.21. The zero-order chi connectivity index (χ0) is 23.3.